The fourth-order valence-corrected chi connectivity index (χ4v) is 16.1. The van der Waals surface area contributed by atoms with Crippen LogP contribution in [0.15, 0.2) is 31.8 Å². The standard InChI is InChI=1S/C38H38Br2O2S6/c1-5-9-11-19(7-3)13-25-31-32(26(45-25)14-20(8-4)12-10-6-2)36(42)34-33(35(31)41)37(27-15-21-23(43-27)17-29(39)46-21)48-38(34)28-16-22-24(44-28)18-30(40)47-22/h15-20H,5-14H2,1-4H3. The van der Waals surface area contributed by atoms with Gasteiger partial charge in [0.15, 0.2) is 11.6 Å². The Kier molecular flexibility index (Phi) is 11.0. The number of hydrogen-bond donors (Lipinski definition) is 0. The fraction of sp³-hybridized carbons (Fsp3) is 0.421. The molecule has 6 heterocycles. The summed E-state index contributed by atoms with van der Waals surface area (Å²) in [6.45, 7) is 9.06. The maximum atomic E-state index is 15.2. The largest absolute Gasteiger partial charge is 0.288 e. The zero-order valence-electron chi connectivity index (χ0n) is 27.6. The van der Waals surface area contributed by atoms with Crippen LogP contribution < -0.4 is 0 Å². The quantitative estimate of drug-likeness (QED) is 0.109. The second-order valence-electron chi connectivity index (χ2n) is 12.9. The third-order valence-electron chi connectivity index (χ3n) is 9.71. The predicted molar refractivity (Wildman–Crippen MR) is 222 cm³/mol. The summed E-state index contributed by atoms with van der Waals surface area (Å²) in [5, 5.41) is 0. The van der Waals surface area contributed by atoms with E-state index in [1.165, 1.54) is 44.5 Å². The zero-order chi connectivity index (χ0) is 33.7. The number of ketones is 2. The van der Waals surface area contributed by atoms with Crippen LogP contribution in [0.2, 0.25) is 0 Å². The molecule has 0 spiro atoms. The molecular formula is C38H38Br2O2S6. The highest BCUT2D eigenvalue weighted by Crippen LogP contribution is 2.54. The molecule has 0 amide bonds. The van der Waals surface area contributed by atoms with Gasteiger partial charge in [-0.1, -0.05) is 79.1 Å². The minimum Gasteiger partial charge on any atom is -0.288 e. The summed E-state index contributed by atoms with van der Waals surface area (Å²) in [7, 11) is 0. The van der Waals surface area contributed by atoms with E-state index in [1.54, 1.807) is 68.0 Å². The second kappa shape index (κ2) is 14.9. The maximum absolute atomic E-state index is 15.2. The molecule has 0 fully saturated rings. The fourth-order valence-electron chi connectivity index (χ4n) is 7.01. The molecule has 0 aliphatic heterocycles. The van der Waals surface area contributed by atoms with Gasteiger partial charge in [-0.2, -0.15) is 0 Å². The Hall–Kier alpha value is -0.980. The lowest BCUT2D eigenvalue weighted by molar-refractivity contribution is 0.0980. The molecule has 252 valence electrons. The molecule has 0 saturated heterocycles. The molecule has 0 N–H and O–H groups in total. The Bertz CT molecular complexity index is 1920. The minimum absolute atomic E-state index is 0.0700. The minimum atomic E-state index is 0.0700. The maximum Gasteiger partial charge on any atom is 0.197 e. The van der Waals surface area contributed by atoms with E-state index >= 15 is 9.59 Å². The van der Waals surface area contributed by atoms with Gasteiger partial charge in [0, 0.05) is 49.4 Å². The number of unbranched alkanes of at least 4 members (excludes halogenated alkanes) is 2. The van der Waals surface area contributed by atoms with E-state index in [0.717, 1.165) is 86.5 Å². The Morgan fingerprint density at radius 2 is 0.958 bits per heavy atom. The van der Waals surface area contributed by atoms with Gasteiger partial charge in [0.2, 0.25) is 0 Å². The molecule has 0 aromatic carbocycles. The number of halogens is 2. The Morgan fingerprint density at radius 3 is 1.33 bits per heavy atom. The van der Waals surface area contributed by atoms with Gasteiger partial charge < -0.3 is 0 Å². The van der Waals surface area contributed by atoms with Crippen molar-refractivity contribution in [2.75, 3.05) is 0 Å². The lowest BCUT2D eigenvalue weighted by Gasteiger charge is -2.19. The van der Waals surface area contributed by atoms with Gasteiger partial charge in [0.05, 0.1) is 28.5 Å². The molecule has 2 nitrogen and oxygen atoms in total. The summed E-state index contributed by atoms with van der Waals surface area (Å²) in [5.74, 6) is 1.18. The third-order valence-corrected chi connectivity index (χ3v) is 18.1. The third kappa shape index (κ3) is 6.59. The number of carbonyl (C=O) groups excluding carboxylic acids is 2. The zero-order valence-corrected chi connectivity index (χ0v) is 35.6. The Balaban J connectivity index is 1.42. The van der Waals surface area contributed by atoms with Crippen molar-refractivity contribution in [3.8, 4) is 19.5 Å². The lowest BCUT2D eigenvalue weighted by Crippen LogP contribution is -2.22. The first-order valence-corrected chi connectivity index (χ1v) is 23.5. The lowest BCUT2D eigenvalue weighted by atomic mass is 9.81. The molecule has 10 heteroatoms. The van der Waals surface area contributed by atoms with Crippen molar-refractivity contribution in [1.82, 2.24) is 0 Å². The van der Waals surface area contributed by atoms with E-state index in [0.29, 0.717) is 23.0 Å². The highest BCUT2D eigenvalue weighted by Gasteiger charge is 2.42. The van der Waals surface area contributed by atoms with Crippen LogP contribution in [0.4, 0.5) is 0 Å². The van der Waals surface area contributed by atoms with E-state index in [-0.39, 0.29) is 11.6 Å². The average molecular weight is 879 g/mol. The molecule has 6 aromatic heterocycles. The first-order chi connectivity index (χ1) is 23.2. The molecule has 2 atom stereocenters. The van der Waals surface area contributed by atoms with E-state index in [2.05, 4.69) is 83.8 Å². The Morgan fingerprint density at radius 1 is 0.542 bits per heavy atom. The molecule has 1 aliphatic carbocycles. The molecule has 6 aromatic rings. The van der Waals surface area contributed by atoms with Gasteiger partial charge in [-0.25, -0.2) is 0 Å². The van der Waals surface area contributed by atoms with Gasteiger partial charge in [0.1, 0.15) is 0 Å². The number of hydrogen-bond acceptors (Lipinski definition) is 8. The van der Waals surface area contributed by atoms with Crippen molar-refractivity contribution >= 4 is 130 Å². The monoisotopic (exact) mass is 876 g/mol. The summed E-state index contributed by atoms with van der Waals surface area (Å²) < 4.78 is 7.05. The smallest absolute Gasteiger partial charge is 0.197 e. The summed E-state index contributed by atoms with van der Waals surface area (Å²) in [5.41, 5.74) is 2.75. The van der Waals surface area contributed by atoms with Gasteiger partial charge in [-0.15, -0.1) is 68.0 Å². The SMILES string of the molecule is CCCCC(CC)Cc1sc(CC(CC)CCCC)c2c1C(=O)c1c(-c3cc4sc(Br)cc4s3)sc(-c3cc4sc(Br)cc4s3)c1C2=O. The van der Waals surface area contributed by atoms with E-state index in [9.17, 15) is 0 Å². The molecule has 0 bridgehead atoms. The molecule has 1 aliphatic rings. The number of rotatable bonds is 14. The van der Waals surface area contributed by atoms with Crippen molar-refractivity contribution in [2.45, 2.75) is 91.9 Å². The summed E-state index contributed by atoms with van der Waals surface area (Å²) >= 11 is 17.6. The van der Waals surface area contributed by atoms with Crippen molar-refractivity contribution < 1.29 is 9.59 Å². The molecule has 48 heavy (non-hydrogen) atoms. The van der Waals surface area contributed by atoms with Crippen molar-refractivity contribution in [3.05, 3.63) is 63.8 Å². The van der Waals surface area contributed by atoms with Crippen LogP contribution in [-0.2, 0) is 12.8 Å². The van der Waals surface area contributed by atoms with Crippen molar-refractivity contribution in [3.63, 3.8) is 0 Å². The number of carbonyl (C=O) groups is 2. The second-order valence-corrected chi connectivity index (χ2v) is 22.2. The molecule has 0 saturated carbocycles. The number of fused-ring (bicyclic) bond motifs is 4. The van der Waals surface area contributed by atoms with Crippen LogP contribution in [0.5, 0.6) is 0 Å². The van der Waals surface area contributed by atoms with Gasteiger partial charge in [-0.3, -0.25) is 9.59 Å². The topological polar surface area (TPSA) is 34.1 Å². The molecule has 2 unspecified atom stereocenters. The summed E-state index contributed by atoms with van der Waals surface area (Å²) in [6.07, 6.45) is 11.0. The first-order valence-electron chi connectivity index (χ1n) is 17.0. The van der Waals surface area contributed by atoms with Crippen LogP contribution >= 0.6 is 99.9 Å². The van der Waals surface area contributed by atoms with Crippen molar-refractivity contribution in [1.29, 1.82) is 0 Å². The summed E-state index contributed by atoms with van der Waals surface area (Å²) in [6, 6.07) is 8.78. The van der Waals surface area contributed by atoms with Gasteiger partial charge in [-0.05, 0) is 80.8 Å². The predicted octanol–water partition coefficient (Wildman–Crippen LogP) is 15.5. The van der Waals surface area contributed by atoms with E-state index in [4.69, 9.17) is 0 Å². The molecule has 0 radical (unpaired) electrons. The highest BCUT2D eigenvalue weighted by molar-refractivity contribution is 9.11. The van der Waals surface area contributed by atoms with Crippen molar-refractivity contribution in [2.24, 2.45) is 11.8 Å². The van der Waals surface area contributed by atoms with Crippen LogP contribution in [0.25, 0.3) is 38.3 Å². The van der Waals surface area contributed by atoms with Gasteiger partial charge in [0.25, 0.3) is 0 Å². The van der Waals surface area contributed by atoms with Crippen LogP contribution in [0.3, 0.4) is 0 Å². The normalized spacial score (nSPS) is 14.4. The average Bonchev–Trinajstić information content (AvgIpc) is 3.89. The highest BCUT2D eigenvalue weighted by atomic mass is 79.9. The first kappa shape index (κ1) is 35.4. The summed E-state index contributed by atoms with van der Waals surface area (Å²) in [4.78, 5) is 36.7. The Labute approximate surface area is 323 Å². The molecule has 7 rings (SSSR count). The van der Waals surface area contributed by atoms with Crippen LogP contribution in [-0.4, -0.2) is 11.6 Å². The van der Waals surface area contributed by atoms with E-state index < -0.39 is 0 Å². The molecular weight excluding hydrogens is 841 g/mol. The van der Waals surface area contributed by atoms with Gasteiger partial charge >= 0.3 is 0 Å². The van der Waals surface area contributed by atoms with Crippen LogP contribution in [0, 0.1) is 11.8 Å². The van der Waals surface area contributed by atoms with Crippen LogP contribution in [0.1, 0.15) is 121 Å². The number of thiophene rings is 6. The van der Waals surface area contributed by atoms with E-state index in [1.807, 2.05) is 0 Å².